The van der Waals surface area contributed by atoms with Crippen molar-refractivity contribution in [3.63, 3.8) is 0 Å². The zero-order chi connectivity index (χ0) is 10.9. The molecule has 0 unspecified atom stereocenters. The third-order valence-corrected chi connectivity index (χ3v) is 1.57. The lowest BCUT2D eigenvalue weighted by atomic mass is 10.2. The number of pyridine rings is 1. The molecule has 7 heteroatoms. The summed E-state index contributed by atoms with van der Waals surface area (Å²) in [6.45, 7) is 0. The summed E-state index contributed by atoms with van der Waals surface area (Å²) in [7, 11) is 0. The first-order chi connectivity index (χ1) is 6.32. The van der Waals surface area contributed by atoms with Crippen molar-refractivity contribution in [1.82, 2.24) is 4.98 Å². The van der Waals surface area contributed by atoms with Crippen molar-refractivity contribution < 1.29 is 23.1 Å². The van der Waals surface area contributed by atoms with Crippen LogP contribution >= 0.6 is 11.6 Å². The highest BCUT2D eigenvalue weighted by Gasteiger charge is 2.36. The van der Waals surface area contributed by atoms with Gasteiger partial charge in [-0.05, 0) is 6.07 Å². The second-order valence-corrected chi connectivity index (χ2v) is 2.79. The summed E-state index contributed by atoms with van der Waals surface area (Å²) in [6, 6.07) is 0.526. The molecule has 0 fully saturated rings. The molecular formula is C7H3ClF3NO2. The minimum Gasteiger partial charge on any atom is -0.476 e. The molecule has 0 aliphatic heterocycles. The van der Waals surface area contributed by atoms with Crippen molar-refractivity contribution in [3.05, 3.63) is 28.5 Å². The number of alkyl halides is 3. The molecule has 76 valence electrons. The van der Waals surface area contributed by atoms with Gasteiger partial charge in [-0.1, -0.05) is 11.6 Å². The van der Waals surface area contributed by atoms with Gasteiger partial charge in [0.1, 0.15) is 0 Å². The molecule has 0 aliphatic rings. The van der Waals surface area contributed by atoms with Crippen molar-refractivity contribution >= 4 is 17.6 Å². The quantitative estimate of drug-likeness (QED) is 0.799. The fraction of sp³-hybridized carbons (Fsp3) is 0.143. The van der Waals surface area contributed by atoms with E-state index in [4.69, 9.17) is 16.7 Å². The Morgan fingerprint density at radius 2 is 2.07 bits per heavy atom. The van der Waals surface area contributed by atoms with Gasteiger partial charge in [-0.2, -0.15) is 13.2 Å². The van der Waals surface area contributed by atoms with Gasteiger partial charge in [-0.3, -0.25) is 0 Å². The molecule has 1 rings (SSSR count). The van der Waals surface area contributed by atoms with Gasteiger partial charge in [0, 0.05) is 6.20 Å². The first kappa shape index (κ1) is 10.8. The smallest absolute Gasteiger partial charge is 0.418 e. The third-order valence-electron chi connectivity index (χ3n) is 1.36. The van der Waals surface area contributed by atoms with Gasteiger partial charge < -0.3 is 5.11 Å². The Morgan fingerprint density at radius 1 is 1.50 bits per heavy atom. The maximum atomic E-state index is 12.2. The molecule has 0 amide bonds. The molecule has 0 radical (unpaired) electrons. The minimum absolute atomic E-state index is 0.262. The Balaban J connectivity index is 3.38. The summed E-state index contributed by atoms with van der Waals surface area (Å²) in [4.78, 5) is 13.5. The van der Waals surface area contributed by atoms with E-state index in [1.54, 1.807) is 0 Å². The molecule has 0 spiro atoms. The van der Waals surface area contributed by atoms with E-state index >= 15 is 0 Å². The fourth-order valence-corrected chi connectivity index (χ4v) is 0.984. The average molecular weight is 226 g/mol. The second kappa shape index (κ2) is 3.45. The van der Waals surface area contributed by atoms with Gasteiger partial charge >= 0.3 is 12.1 Å². The topological polar surface area (TPSA) is 50.2 Å². The molecular weight excluding hydrogens is 223 g/mol. The second-order valence-electron chi connectivity index (χ2n) is 2.35. The van der Waals surface area contributed by atoms with Crippen LogP contribution in [0.1, 0.15) is 16.1 Å². The van der Waals surface area contributed by atoms with Crippen LogP contribution in [0.3, 0.4) is 0 Å². The molecule has 1 heterocycles. The Kier molecular flexibility index (Phi) is 2.66. The van der Waals surface area contributed by atoms with E-state index in [-0.39, 0.29) is 5.02 Å². The van der Waals surface area contributed by atoms with Crippen LogP contribution in [0.25, 0.3) is 0 Å². The Hall–Kier alpha value is -1.30. The van der Waals surface area contributed by atoms with Crippen LogP contribution in [0, 0.1) is 0 Å². The molecule has 1 N–H and O–H groups in total. The van der Waals surface area contributed by atoms with Crippen LogP contribution in [-0.2, 0) is 6.18 Å². The highest BCUT2D eigenvalue weighted by molar-refractivity contribution is 6.30. The molecule has 3 nitrogen and oxygen atoms in total. The molecule has 0 aliphatic carbocycles. The summed E-state index contributed by atoms with van der Waals surface area (Å²) in [5.74, 6) is -1.74. The molecule has 0 saturated carbocycles. The molecule has 0 saturated heterocycles. The predicted octanol–water partition coefficient (Wildman–Crippen LogP) is 2.45. The molecule has 14 heavy (non-hydrogen) atoms. The van der Waals surface area contributed by atoms with E-state index in [9.17, 15) is 18.0 Å². The van der Waals surface area contributed by atoms with Crippen LogP contribution in [0.15, 0.2) is 12.3 Å². The van der Waals surface area contributed by atoms with Crippen LogP contribution in [0.5, 0.6) is 0 Å². The lowest BCUT2D eigenvalue weighted by Crippen LogP contribution is -2.14. The summed E-state index contributed by atoms with van der Waals surface area (Å²) >= 11 is 5.27. The van der Waals surface area contributed by atoms with Crippen LogP contribution < -0.4 is 0 Å². The number of hydrogen-bond donors (Lipinski definition) is 1. The Morgan fingerprint density at radius 3 is 2.50 bits per heavy atom. The number of hydrogen-bond acceptors (Lipinski definition) is 2. The number of carboxylic acids is 1. The number of halogens is 4. The number of aromatic nitrogens is 1. The monoisotopic (exact) mass is 225 g/mol. The van der Waals surface area contributed by atoms with E-state index in [2.05, 4.69) is 4.98 Å². The van der Waals surface area contributed by atoms with E-state index < -0.39 is 23.4 Å². The molecule has 1 aromatic heterocycles. The van der Waals surface area contributed by atoms with Crippen molar-refractivity contribution in [2.45, 2.75) is 6.18 Å². The van der Waals surface area contributed by atoms with Gasteiger partial charge in [-0.25, -0.2) is 9.78 Å². The van der Waals surface area contributed by atoms with Gasteiger partial charge in [-0.15, -0.1) is 0 Å². The maximum absolute atomic E-state index is 12.2. The fourth-order valence-electron chi connectivity index (χ4n) is 0.826. The van der Waals surface area contributed by atoms with E-state index in [0.29, 0.717) is 6.07 Å². The molecule has 0 bridgehead atoms. The summed E-state index contributed by atoms with van der Waals surface area (Å²) in [6.07, 6.45) is -3.92. The number of nitrogens with zero attached hydrogens (tertiary/aromatic N) is 1. The summed E-state index contributed by atoms with van der Waals surface area (Å²) in [5.41, 5.74) is -2.40. The molecule has 0 aromatic carbocycles. The molecule has 0 atom stereocenters. The average Bonchev–Trinajstić information content (AvgIpc) is 2.01. The van der Waals surface area contributed by atoms with Gasteiger partial charge in [0.2, 0.25) is 0 Å². The number of rotatable bonds is 1. The van der Waals surface area contributed by atoms with Gasteiger partial charge in [0.15, 0.2) is 5.69 Å². The van der Waals surface area contributed by atoms with Crippen LogP contribution in [0.2, 0.25) is 5.02 Å². The van der Waals surface area contributed by atoms with E-state index in [1.165, 1.54) is 0 Å². The highest BCUT2D eigenvalue weighted by Crippen LogP contribution is 2.32. The molecule has 1 aromatic rings. The van der Waals surface area contributed by atoms with Crippen LogP contribution in [-0.4, -0.2) is 16.1 Å². The number of aromatic carboxylic acids is 1. The predicted molar refractivity (Wildman–Crippen MR) is 41.2 cm³/mol. The Bertz CT molecular complexity index is 378. The van der Waals surface area contributed by atoms with Gasteiger partial charge in [0.05, 0.1) is 10.6 Å². The maximum Gasteiger partial charge on any atom is 0.418 e. The van der Waals surface area contributed by atoms with Crippen molar-refractivity contribution in [3.8, 4) is 0 Å². The van der Waals surface area contributed by atoms with E-state index in [1.807, 2.05) is 0 Å². The minimum atomic E-state index is -4.77. The first-order valence-corrected chi connectivity index (χ1v) is 3.66. The first-order valence-electron chi connectivity index (χ1n) is 3.28. The third kappa shape index (κ3) is 2.14. The lowest BCUT2D eigenvalue weighted by molar-refractivity contribution is -0.138. The standard InChI is InChI=1S/C7H3ClF3NO2/c8-3-1-4(7(9,10)11)5(6(13)14)12-2-3/h1-2H,(H,13,14). The van der Waals surface area contributed by atoms with Crippen molar-refractivity contribution in [1.29, 1.82) is 0 Å². The summed E-state index contributed by atoms with van der Waals surface area (Å²) < 4.78 is 36.7. The van der Waals surface area contributed by atoms with Crippen molar-refractivity contribution in [2.24, 2.45) is 0 Å². The normalized spacial score (nSPS) is 11.4. The zero-order valence-corrected chi connectivity index (χ0v) is 7.23. The van der Waals surface area contributed by atoms with Crippen molar-refractivity contribution in [2.75, 3.05) is 0 Å². The SMILES string of the molecule is O=C(O)c1ncc(Cl)cc1C(F)(F)F. The largest absolute Gasteiger partial charge is 0.476 e. The zero-order valence-electron chi connectivity index (χ0n) is 6.47. The van der Waals surface area contributed by atoms with Crippen LogP contribution in [0.4, 0.5) is 13.2 Å². The Labute approximate surface area is 81.1 Å². The van der Waals surface area contributed by atoms with E-state index in [0.717, 1.165) is 6.20 Å². The highest BCUT2D eigenvalue weighted by atomic mass is 35.5. The van der Waals surface area contributed by atoms with Gasteiger partial charge in [0.25, 0.3) is 0 Å². The summed E-state index contributed by atoms with van der Waals surface area (Å²) in [5, 5.41) is 8.15. The number of carbonyl (C=O) groups is 1. The lowest BCUT2D eigenvalue weighted by Gasteiger charge is -2.08. The number of carboxylic acid groups (broad SMARTS) is 1.